The van der Waals surface area contributed by atoms with Crippen LogP contribution in [0.5, 0.6) is 11.6 Å². The van der Waals surface area contributed by atoms with Crippen molar-refractivity contribution in [2.75, 3.05) is 5.32 Å². The van der Waals surface area contributed by atoms with Gasteiger partial charge in [0.15, 0.2) is 0 Å². The van der Waals surface area contributed by atoms with Gasteiger partial charge in [0.05, 0.1) is 6.04 Å². The van der Waals surface area contributed by atoms with E-state index in [4.69, 9.17) is 4.74 Å². The Bertz CT molecular complexity index is 1090. The SMILES string of the molecule is CC(C)(C)c1ccccc1Oc1ncccc1NC(=O)NC(c1ccccc1)C1CCCCC1. The number of amides is 2. The summed E-state index contributed by atoms with van der Waals surface area (Å²) in [4.78, 5) is 17.6. The van der Waals surface area contributed by atoms with Crippen LogP contribution in [0, 0.1) is 5.92 Å². The van der Waals surface area contributed by atoms with Crippen LogP contribution in [-0.4, -0.2) is 11.0 Å². The van der Waals surface area contributed by atoms with E-state index in [2.05, 4.69) is 54.6 Å². The molecule has 0 spiro atoms. The van der Waals surface area contributed by atoms with Crippen LogP contribution in [0.25, 0.3) is 0 Å². The van der Waals surface area contributed by atoms with Gasteiger partial charge in [-0.15, -0.1) is 0 Å². The average Bonchev–Trinajstić information content (AvgIpc) is 2.84. The quantitative estimate of drug-likeness (QED) is 0.400. The summed E-state index contributed by atoms with van der Waals surface area (Å²) in [6.07, 6.45) is 7.63. The summed E-state index contributed by atoms with van der Waals surface area (Å²) in [5.41, 5.74) is 2.68. The molecule has 1 fully saturated rings. The number of carbonyl (C=O) groups is 1. The van der Waals surface area contributed by atoms with Crippen molar-refractivity contribution in [2.45, 2.75) is 64.3 Å². The van der Waals surface area contributed by atoms with Crippen molar-refractivity contribution in [3.63, 3.8) is 0 Å². The standard InChI is InChI=1S/C29H35N3O2/c1-29(2,3)23-17-10-11-19-25(23)34-27-24(18-12-20-30-27)31-28(33)32-26(21-13-6-4-7-14-21)22-15-8-5-9-16-22/h4,6-7,10-14,17-20,22,26H,5,8-9,15-16H2,1-3H3,(H2,31,32,33). The number of carbonyl (C=O) groups excluding carboxylic acids is 1. The second kappa shape index (κ2) is 10.7. The number of ether oxygens (including phenoxy) is 1. The van der Waals surface area contributed by atoms with Crippen LogP contribution in [0.2, 0.25) is 0 Å². The highest BCUT2D eigenvalue weighted by molar-refractivity contribution is 5.90. The van der Waals surface area contributed by atoms with Gasteiger partial charge < -0.3 is 15.4 Å². The minimum absolute atomic E-state index is 0.0239. The van der Waals surface area contributed by atoms with Crippen molar-refractivity contribution < 1.29 is 9.53 Å². The van der Waals surface area contributed by atoms with Crippen molar-refractivity contribution in [3.05, 3.63) is 84.1 Å². The van der Waals surface area contributed by atoms with Gasteiger partial charge in [0.2, 0.25) is 5.88 Å². The molecule has 1 aliphatic carbocycles. The molecule has 1 aliphatic rings. The van der Waals surface area contributed by atoms with Gasteiger partial charge in [-0.25, -0.2) is 9.78 Å². The number of anilines is 1. The Morgan fingerprint density at radius 1 is 0.941 bits per heavy atom. The zero-order chi connectivity index (χ0) is 24.0. The van der Waals surface area contributed by atoms with Crippen molar-refractivity contribution >= 4 is 11.7 Å². The summed E-state index contributed by atoms with van der Waals surface area (Å²) in [6.45, 7) is 6.44. The third-order valence-corrected chi connectivity index (χ3v) is 6.49. The molecular formula is C29H35N3O2. The molecule has 1 unspecified atom stereocenters. The molecule has 2 N–H and O–H groups in total. The molecule has 34 heavy (non-hydrogen) atoms. The van der Waals surface area contributed by atoms with Crippen LogP contribution < -0.4 is 15.4 Å². The van der Waals surface area contributed by atoms with E-state index < -0.39 is 0 Å². The number of aromatic nitrogens is 1. The first kappa shape index (κ1) is 23.8. The van der Waals surface area contributed by atoms with E-state index in [0.29, 0.717) is 17.5 Å². The maximum Gasteiger partial charge on any atom is 0.319 e. The lowest BCUT2D eigenvalue weighted by Gasteiger charge is -2.31. The number of pyridine rings is 1. The van der Waals surface area contributed by atoms with Gasteiger partial charge in [0, 0.05) is 11.8 Å². The van der Waals surface area contributed by atoms with Crippen molar-refractivity contribution in [1.82, 2.24) is 10.3 Å². The molecule has 1 saturated carbocycles. The lowest BCUT2D eigenvalue weighted by atomic mass is 9.81. The molecule has 0 saturated heterocycles. The largest absolute Gasteiger partial charge is 0.437 e. The molecule has 3 aromatic rings. The number of benzene rings is 2. The fourth-order valence-electron chi connectivity index (χ4n) is 4.75. The summed E-state index contributed by atoms with van der Waals surface area (Å²) in [6, 6.07) is 21.6. The van der Waals surface area contributed by atoms with E-state index in [-0.39, 0.29) is 17.5 Å². The Morgan fingerprint density at radius 3 is 2.38 bits per heavy atom. The van der Waals surface area contributed by atoms with E-state index in [0.717, 1.165) is 29.7 Å². The van der Waals surface area contributed by atoms with Crippen LogP contribution in [-0.2, 0) is 5.41 Å². The van der Waals surface area contributed by atoms with Gasteiger partial charge in [-0.2, -0.15) is 0 Å². The third-order valence-electron chi connectivity index (χ3n) is 6.49. The Hall–Kier alpha value is -3.34. The molecule has 2 amide bonds. The van der Waals surface area contributed by atoms with Crippen molar-refractivity contribution in [3.8, 4) is 11.6 Å². The highest BCUT2D eigenvalue weighted by atomic mass is 16.5. The maximum absolute atomic E-state index is 13.2. The normalized spacial score (nSPS) is 15.4. The lowest BCUT2D eigenvalue weighted by Crippen LogP contribution is -2.37. The van der Waals surface area contributed by atoms with Crippen LogP contribution in [0.4, 0.5) is 10.5 Å². The van der Waals surface area contributed by atoms with Gasteiger partial charge in [0.25, 0.3) is 0 Å². The zero-order valence-electron chi connectivity index (χ0n) is 20.4. The number of nitrogens with one attached hydrogen (secondary N) is 2. The number of urea groups is 1. The fourth-order valence-corrected chi connectivity index (χ4v) is 4.75. The molecule has 1 heterocycles. The third kappa shape index (κ3) is 5.96. The molecule has 0 bridgehead atoms. The summed E-state index contributed by atoms with van der Waals surface area (Å²) in [7, 11) is 0. The average molecular weight is 458 g/mol. The summed E-state index contributed by atoms with van der Waals surface area (Å²) in [5.74, 6) is 1.55. The summed E-state index contributed by atoms with van der Waals surface area (Å²) >= 11 is 0. The lowest BCUT2D eigenvalue weighted by molar-refractivity contribution is 0.232. The number of para-hydroxylation sites is 1. The van der Waals surface area contributed by atoms with Crippen LogP contribution in [0.15, 0.2) is 72.9 Å². The van der Waals surface area contributed by atoms with E-state index >= 15 is 0 Å². The molecule has 1 aromatic heterocycles. The molecule has 5 nitrogen and oxygen atoms in total. The molecule has 2 aromatic carbocycles. The molecule has 0 radical (unpaired) electrons. The van der Waals surface area contributed by atoms with Crippen LogP contribution in [0.1, 0.15) is 70.0 Å². The van der Waals surface area contributed by atoms with E-state index in [1.807, 2.05) is 42.5 Å². The number of rotatable bonds is 6. The van der Waals surface area contributed by atoms with Gasteiger partial charge >= 0.3 is 6.03 Å². The van der Waals surface area contributed by atoms with E-state index in [1.54, 1.807) is 12.3 Å². The molecule has 4 rings (SSSR count). The second-order valence-electron chi connectivity index (χ2n) is 10.1. The highest BCUT2D eigenvalue weighted by Crippen LogP contribution is 2.36. The number of nitrogens with zero attached hydrogens (tertiary/aromatic N) is 1. The minimum Gasteiger partial charge on any atom is -0.437 e. The topological polar surface area (TPSA) is 63.2 Å². The van der Waals surface area contributed by atoms with Gasteiger partial charge in [0.1, 0.15) is 11.4 Å². The fraction of sp³-hybridized carbons (Fsp3) is 0.379. The Morgan fingerprint density at radius 2 is 1.65 bits per heavy atom. The van der Waals surface area contributed by atoms with Gasteiger partial charge in [-0.1, -0.05) is 88.6 Å². The van der Waals surface area contributed by atoms with Gasteiger partial charge in [-0.05, 0) is 47.9 Å². The molecule has 1 atom stereocenters. The molecule has 0 aliphatic heterocycles. The molecular weight excluding hydrogens is 422 g/mol. The second-order valence-corrected chi connectivity index (χ2v) is 10.1. The Labute approximate surface area is 203 Å². The first-order valence-electron chi connectivity index (χ1n) is 12.3. The van der Waals surface area contributed by atoms with Crippen LogP contribution >= 0.6 is 0 Å². The molecule has 5 heteroatoms. The molecule has 178 valence electrons. The smallest absolute Gasteiger partial charge is 0.319 e. The summed E-state index contributed by atoms with van der Waals surface area (Å²) in [5, 5.41) is 6.24. The predicted molar refractivity (Wildman–Crippen MR) is 137 cm³/mol. The summed E-state index contributed by atoms with van der Waals surface area (Å²) < 4.78 is 6.22. The first-order chi connectivity index (χ1) is 16.4. The van der Waals surface area contributed by atoms with Crippen LogP contribution in [0.3, 0.4) is 0 Å². The maximum atomic E-state index is 13.2. The number of hydrogen-bond donors (Lipinski definition) is 2. The Kier molecular flexibility index (Phi) is 7.51. The Balaban J connectivity index is 1.52. The first-order valence-corrected chi connectivity index (χ1v) is 12.3. The van der Waals surface area contributed by atoms with E-state index in [1.165, 1.54) is 19.3 Å². The predicted octanol–water partition coefficient (Wildman–Crippen LogP) is 7.61. The van der Waals surface area contributed by atoms with Gasteiger partial charge in [-0.3, -0.25) is 0 Å². The highest BCUT2D eigenvalue weighted by Gasteiger charge is 2.27. The zero-order valence-corrected chi connectivity index (χ0v) is 20.4. The van der Waals surface area contributed by atoms with Crippen molar-refractivity contribution in [2.24, 2.45) is 5.92 Å². The monoisotopic (exact) mass is 457 g/mol. The number of hydrogen-bond acceptors (Lipinski definition) is 3. The van der Waals surface area contributed by atoms with Crippen molar-refractivity contribution in [1.29, 1.82) is 0 Å². The minimum atomic E-state index is -0.249. The van der Waals surface area contributed by atoms with E-state index in [9.17, 15) is 4.79 Å².